The van der Waals surface area contributed by atoms with E-state index in [0.717, 1.165) is 42.9 Å². The summed E-state index contributed by atoms with van der Waals surface area (Å²) in [4.78, 5) is 14.8. The number of thiophene rings is 1. The molecular formula is C14H21NO4S. The molecule has 1 saturated heterocycles. The van der Waals surface area contributed by atoms with Crippen molar-refractivity contribution in [2.75, 3.05) is 26.3 Å². The highest BCUT2D eigenvalue weighted by Gasteiger charge is 2.21. The van der Waals surface area contributed by atoms with Crippen LogP contribution in [0, 0.1) is 6.92 Å². The lowest BCUT2D eigenvalue weighted by molar-refractivity contribution is -0.00901. The summed E-state index contributed by atoms with van der Waals surface area (Å²) in [5, 5.41) is 17.7. The number of aryl methyl sites for hydroxylation is 1. The zero-order valence-corrected chi connectivity index (χ0v) is 12.5. The summed E-state index contributed by atoms with van der Waals surface area (Å²) in [5.41, 5.74) is 1.11. The third-order valence-corrected chi connectivity index (χ3v) is 4.69. The first-order chi connectivity index (χ1) is 9.60. The van der Waals surface area contributed by atoms with Crippen LogP contribution in [0.1, 0.15) is 33.0 Å². The molecule has 6 heteroatoms. The Morgan fingerprint density at radius 1 is 1.50 bits per heavy atom. The van der Waals surface area contributed by atoms with E-state index < -0.39 is 5.97 Å². The van der Waals surface area contributed by atoms with Gasteiger partial charge in [-0.2, -0.15) is 0 Å². The van der Waals surface area contributed by atoms with Crippen molar-refractivity contribution in [2.24, 2.45) is 0 Å². The van der Waals surface area contributed by atoms with Crippen molar-refractivity contribution in [1.82, 2.24) is 4.90 Å². The first-order valence-electron chi connectivity index (χ1n) is 6.87. The molecule has 1 aromatic heterocycles. The van der Waals surface area contributed by atoms with E-state index >= 15 is 0 Å². The van der Waals surface area contributed by atoms with E-state index in [9.17, 15) is 4.79 Å². The fraction of sp³-hybridized carbons (Fsp3) is 0.643. The van der Waals surface area contributed by atoms with Gasteiger partial charge >= 0.3 is 5.97 Å². The molecule has 2 N–H and O–H groups in total. The molecule has 2 heterocycles. The highest BCUT2D eigenvalue weighted by atomic mass is 32.1. The van der Waals surface area contributed by atoms with Crippen LogP contribution in [0.25, 0.3) is 0 Å². The molecule has 1 aromatic rings. The second-order valence-corrected chi connectivity index (χ2v) is 6.32. The average Bonchev–Trinajstić information content (AvgIpc) is 2.80. The number of ether oxygens (including phenoxy) is 1. The number of rotatable bonds is 6. The Balaban J connectivity index is 1.85. The topological polar surface area (TPSA) is 70.0 Å². The maximum atomic E-state index is 11.0. The smallest absolute Gasteiger partial charge is 0.345 e. The van der Waals surface area contributed by atoms with Gasteiger partial charge in [0.2, 0.25) is 0 Å². The van der Waals surface area contributed by atoms with Crippen LogP contribution in [0.15, 0.2) is 6.07 Å². The minimum atomic E-state index is -0.847. The lowest BCUT2D eigenvalue weighted by Gasteiger charge is -2.31. The molecule has 5 nitrogen and oxygen atoms in total. The molecule has 0 radical (unpaired) electrons. The summed E-state index contributed by atoms with van der Waals surface area (Å²) in [6.45, 7) is 5.18. The van der Waals surface area contributed by atoms with Crippen molar-refractivity contribution in [2.45, 2.75) is 32.4 Å². The van der Waals surface area contributed by atoms with Crippen molar-refractivity contribution >= 4 is 17.3 Å². The summed E-state index contributed by atoms with van der Waals surface area (Å²) >= 11 is 1.34. The molecule has 0 unspecified atom stereocenters. The summed E-state index contributed by atoms with van der Waals surface area (Å²) in [5.74, 6) is -0.847. The normalized spacial score (nSPS) is 17.5. The molecule has 2 rings (SSSR count). The van der Waals surface area contributed by atoms with E-state index in [1.54, 1.807) is 6.07 Å². The van der Waals surface area contributed by atoms with Crippen molar-refractivity contribution in [1.29, 1.82) is 0 Å². The van der Waals surface area contributed by atoms with Gasteiger partial charge in [-0.05, 0) is 31.4 Å². The maximum absolute atomic E-state index is 11.0. The first kappa shape index (κ1) is 15.4. The van der Waals surface area contributed by atoms with Crippen LogP contribution in [-0.4, -0.2) is 53.5 Å². The van der Waals surface area contributed by atoms with E-state index in [0.29, 0.717) is 11.5 Å². The van der Waals surface area contributed by atoms with Crippen LogP contribution in [0.4, 0.5) is 0 Å². The average molecular weight is 299 g/mol. The standard InChI is InChI=1S/C14H21NO4S/c1-10-11(8-13(20-10)14(17)18)9-15-4-2-12(3-5-15)19-7-6-16/h8,12,16H,2-7,9H2,1H3,(H,17,18). The largest absolute Gasteiger partial charge is 0.477 e. The Morgan fingerprint density at radius 2 is 2.20 bits per heavy atom. The van der Waals surface area contributed by atoms with Crippen LogP contribution >= 0.6 is 11.3 Å². The number of likely N-dealkylation sites (tertiary alicyclic amines) is 1. The van der Waals surface area contributed by atoms with E-state index in [2.05, 4.69) is 4.90 Å². The van der Waals surface area contributed by atoms with Crippen molar-refractivity contribution in [3.05, 3.63) is 21.4 Å². The Kier molecular flexibility index (Phi) is 5.54. The second kappa shape index (κ2) is 7.17. The van der Waals surface area contributed by atoms with Gasteiger partial charge < -0.3 is 14.9 Å². The SMILES string of the molecule is Cc1sc(C(=O)O)cc1CN1CCC(OCCO)CC1. The van der Waals surface area contributed by atoms with Crippen LogP contribution in [-0.2, 0) is 11.3 Å². The third kappa shape index (κ3) is 4.02. The van der Waals surface area contributed by atoms with Crippen molar-refractivity contribution in [3.8, 4) is 0 Å². The molecule has 0 bridgehead atoms. The fourth-order valence-corrected chi connectivity index (χ4v) is 3.35. The molecule has 1 aliphatic rings. The van der Waals surface area contributed by atoms with Crippen LogP contribution in [0.2, 0.25) is 0 Å². The van der Waals surface area contributed by atoms with Gasteiger partial charge in [-0.15, -0.1) is 11.3 Å². The number of carboxylic acids is 1. The predicted octanol–water partition coefficient (Wildman–Crippen LogP) is 1.73. The number of hydrogen-bond donors (Lipinski definition) is 2. The monoisotopic (exact) mass is 299 g/mol. The number of piperidine rings is 1. The molecule has 20 heavy (non-hydrogen) atoms. The number of hydrogen-bond acceptors (Lipinski definition) is 5. The second-order valence-electron chi connectivity index (χ2n) is 5.07. The Morgan fingerprint density at radius 3 is 2.75 bits per heavy atom. The molecule has 0 aliphatic carbocycles. The molecule has 0 saturated carbocycles. The Bertz CT molecular complexity index is 452. The van der Waals surface area contributed by atoms with Gasteiger partial charge in [0.15, 0.2) is 0 Å². The van der Waals surface area contributed by atoms with Gasteiger partial charge in [0.25, 0.3) is 0 Å². The van der Waals surface area contributed by atoms with Gasteiger partial charge in [0, 0.05) is 24.5 Å². The lowest BCUT2D eigenvalue weighted by atomic mass is 10.1. The molecule has 1 aliphatic heterocycles. The zero-order valence-electron chi connectivity index (χ0n) is 11.7. The van der Waals surface area contributed by atoms with E-state index in [4.69, 9.17) is 14.9 Å². The summed E-state index contributed by atoms with van der Waals surface area (Å²) in [6.07, 6.45) is 2.18. The highest BCUT2D eigenvalue weighted by Crippen LogP contribution is 2.24. The van der Waals surface area contributed by atoms with Gasteiger partial charge in [-0.25, -0.2) is 4.79 Å². The third-order valence-electron chi connectivity index (χ3n) is 3.60. The predicted molar refractivity (Wildman–Crippen MR) is 77.4 cm³/mol. The molecule has 0 aromatic carbocycles. The number of nitrogens with zero attached hydrogens (tertiary/aromatic N) is 1. The quantitative estimate of drug-likeness (QED) is 0.837. The summed E-state index contributed by atoms with van der Waals surface area (Å²) in [7, 11) is 0. The van der Waals surface area contributed by atoms with Crippen LogP contribution in [0.3, 0.4) is 0 Å². The minimum Gasteiger partial charge on any atom is -0.477 e. The number of aliphatic hydroxyl groups excluding tert-OH is 1. The minimum absolute atomic E-state index is 0.0757. The van der Waals surface area contributed by atoms with Gasteiger partial charge in [-0.1, -0.05) is 0 Å². The van der Waals surface area contributed by atoms with Gasteiger partial charge in [-0.3, -0.25) is 4.90 Å². The molecule has 0 amide bonds. The Labute approximate surface area is 122 Å². The van der Waals surface area contributed by atoms with Gasteiger partial charge in [0.05, 0.1) is 19.3 Å². The number of carbonyl (C=O) groups is 1. The Hall–Kier alpha value is -0.950. The van der Waals surface area contributed by atoms with E-state index in [-0.39, 0.29) is 12.7 Å². The maximum Gasteiger partial charge on any atom is 0.345 e. The van der Waals surface area contributed by atoms with E-state index in [1.807, 2.05) is 6.92 Å². The molecule has 1 fully saturated rings. The molecule has 0 atom stereocenters. The summed E-state index contributed by atoms with van der Waals surface area (Å²) in [6, 6.07) is 1.79. The fourth-order valence-electron chi connectivity index (χ4n) is 2.48. The number of aromatic carboxylic acids is 1. The zero-order chi connectivity index (χ0) is 14.5. The summed E-state index contributed by atoms with van der Waals surface area (Å²) < 4.78 is 5.54. The molecule has 0 spiro atoms. The highest BCUT2D eigenvalue weighted by molar-refractivity contribution is 7.14. The van der Waals surface area contributed by atoms with Crippen LogP contribution < -0.4 is 0 Å². The first-order valence-corrected chi connectivity index (χ1v) is 7.69. The van der Waals surface area contributed by atoms with E-state index in [1.165, 1.54) is 11.3 Å². The van der Waals surface area contributed by atoms with Crippen LogP contribution in [0.5, 0.6) is 0 Å². The number of aliphatic hydroxyl groups is 1. The lowest BCUT2D eigenvalue weighted by Crippen LogP contribution is -2.36. The number of carboxylic acid groups (broad SMARTS) is 1. The van der Waals surface area contributed by atoms with Gasteiger partial charge in [0.1, 0.15) is 4.88 Å². The molecule has 112 valence electrons. The van der Waals surface area contributed by atoms with Crippen molar-refractivity contribution < 1.29 is 19.7 Å². The molecular weight excluding hydrogens is 278 g/mol. The van der Waals surface area contributed by atoms with Crippen molar-refractivity contribution in [3.63, 3.8) is 0 Å².